The molecule has 0 unspecified atom stereocenters. The molecule has 144 valence electrons. The van der Waals surface area contributed by atoms with E-state index < -0.39 is 5.97 Å². The molecular weight excluding hydrogens is 362 g/mol. The van der Waals surface area contributed by atoms with Gasteiger partial charge in [0.05, 0.1) is 16.7 Å². The van der Waals surface area contributed by atoms with Crippen molar-refractivity contribution in [3.05, 3.63) is 46.6 Å². The van der Waals surface area contributed by atoms with Gasteiger partial charge in [-0.1, -0.05) is 50.6 Å². The highest BCUT2D eigenvalue weighted by Gasteiger charge is 2.38. The SMILES string of the molecule is Cc1cccc([C@H]2SCC(=O)N(CC(=O)O)c3c2c(C(C)(C)C)nn3C)c1. The van der Waals surface area contributed by atoms with Crippen LogP contribution in [0, 0.1) is 6.92 Å². The number of nitrogens with zero attached hydrogens (tertiary/aromatic N) is 3. The molecule has 0 saturated heterocycles. The van der Waals surface area contributed by atoms with E-state index in [1.165, 1.54) is 16.7 Å². The Morgan fingerprint density at radius 2 is 2.07 bits per heavy atom. The number of aromatic nitrogens is 2. The fraction of sp³-hybridized carbons (Fsp3) is 0.450. The first-order chi connectivity index (χ1) is 12.6. The van der Waals surface area contributed by atoms with Crippen molar-refractivity contribution >= 4 is 29.5 Å². The van der Waals surface area contributed by atoms with Gasteiger partial charge in [-0.15, -0.1) is 11.8 Å². The number of anilines is 1. The van der Waals surface area contributed by atoms with Gasteiger partial charge in [-0.2, -0.15) is 5.10 Å². The Kier molecular flexibility index (Phi) is 5.08. The van der Waals surface area contributed by atoms with Crippen LogP contribution in [0.25, 0.3) is 0 Å². The minimum atomic E-state index is -1.04. The molecule has 1 aromatic carbocycles. The number of thioether (sulfide) groups is 1. The molecule has 1 amide bonds. The van der Waals surface area contributed by atoms with Crippen LogP contribution in [0.5, 0.6) is 0 Å². The van der Waals surface area contributed by atoms with Crippen molar-refractivity contribution in [1.82, 2.24) is 9.78 Å². The van der Waals surface area contributed by atoms with Gasteiger partial charge in [0.2, 0.25) is 5.91 Å². The summed E-state index contributed by atoms with van der Waals surface area (Å²) in [5.74, 6) is -0.428. The summed E-state index contributed by atoms with van der Waals surface area (Å²) in [6.07, 6.45) is 0. The van der Waals surface area contributed by atoms with E-state index in [1.807, 2.05) is 19.1 Å². The summed E-state index contributed by atoms with van der Waals surface area (Å²) in [7, 11) is 1.78. The van der Waals surface area contributed by atoms with E-state index >= 15 is 0 Å². The number of carboxylic acids is 1. The zero-order valence-electron chi connectivity index (χ0n) is 16.3. The summed E-state index contributed by atoms with van der Waals surface area (Å²) in [6, 6.07) is 8.24. The minimum Gasteiger partial charge on any atom is -0.480 e. The van der Waals surface area contributed by atoms with E-state index in [4.69, 9.17) is 5.10 Å². The van der Waals surface area contributed by atoms with Crippen LogP contribution in [0.15, 0.2) is 24.3 Å². The number of fused-ring (bicyclic) bond motifs is 1. The fourth-order valence-corrected chi connectivity index (χ4v) is 4.66. The first kappa shape index (κ1) is 19.5. The normalized spacial score (nSPS) is 17.6. The van der Waals surface area contributed by atoms with Gasteiger partial charge >= 0.3 is 5.97 Å². The second-order valence-corrected chi connectivity index (χ2v) is 9.03. The Balaban J connectivity index is 2.28. The highest BCUT2D eigenvalue weighted by atomic mass is 32.2. The van der Waals surface area contributed by atoms with E-state index in [9.17, 15) is 14.7 Å². The highest BCUT2D eigenvalue weighted by molar-refractivity contribution is 8.00. The Bertz CT molecular complexity index is 898. The van der Waals surface area contributed by atoms with E-state index in [0.717, 1.165) is 22.4 Å². The molecule has 2 heterocycles. The first-order valence-corrected chi connectivity index (χ1v) is 9.92. The smallest absolute Gasteiger partial charge is 0.323 e. The molecular formula is C20H25N3O3S. The number of carboxylic acid groups (broad SMARTS) is 1. The Hall–Kier alpha value is -2.28. The molecule has 0 aliphatic carbocycles. The predicted molar refractivity (Wildman–Crippen MR) is 107 cm³/mol. The standard InChI is InChI=1S/C20H25N3O3S/c1-12-7-6-8-13(9-12)17-16-18(20(2,3)4)21-22(5)19(16)23(10-15(25)26)14(24)11-27-17/h6-9,17H,10-11H2,1-5H3,(H,25,26)/t17-/m1/s1. The first-order valence-electron chi connectivity index (χ1n) is 8.87. The van der Waals surface area contributed by atoms with Gasteiger partial charge in [-0.25, -0.2) is 0 Å². The predicted octanol–water partition coefficient (Wildman–Crippen LogP) is 3.28. The lowest BCUT2D eigenvalue weighted by molar-refractivity contribution is -0.136. The Labute approximate surface area is 163 Å². The second-order valence-electron chi connectivity index (χ2n) is 7.94. The maximum Gasteiger partial charge on any atom is 0.323 e. The third-order valence-corrected chi connectivity index (χ3v) is 5.85. The van der Waals surface area contributed by atoms with E-state index in [2.05, 4.69) is 32.9 Å². The van der Waals surface area contributed by atoms with Crippen molar-refractivity contribution in [2.45, 2.75) is 38.4 Å². The van der Waals surface area contributed by atoms with Gasteiger partial charge in [-0.3, -0.25) is 19.2 Å². The van der Waals surface area contributed by atoms with Crippen LogP contribution in [-0.4, -0.2) is 39.1 Å². The molecule has 1 atom stereocenters. The monoisotopic (exact) mass is 387 g/mol. The van der Waals surface area contributed by atoms with Gasteiger partial charge in [0.25, 0.3) is 0 Å². The highest BCUT2D eigenvalue weighted by Crippen LogP contribution is 2.47. The average Bonchev–Trinajstić information content (AvgIpc) is 2.83. The molecule has 0 bridgehead atoms. The number of hydrogen-bond acceptors (Lipinski definition) is 4. The Morgan fingerprint density at radius 1 is 1.37 bits per heavy atom. The minimum absolute atomic E-state index is 0.0782. The number of benzene rings is 1. The van der Waals surface area contributed by atoms with E-state index in [-0.39, 0.29) is 28.9 Å². The van der Waals surface area contributed by atoms with Gasteiger partial charge in [0, 0.05) is 18.0 Å². The maximum absolute atomic E-state index is 12.8. The molecule has 1 aliphatic rings. The van der Waals surface area contributed by atoms with Crippen LogP contribution >= 0.6 is 11.8 Å². The lowest BCUT2D eigenvalue weighted by Gasteiger charge is -2.23. The van der Waals surface area contributed by atoms with Crippen molar-refractivity contribution < 1.29 is 14.7 Å². The molecule has 6 nitrogen and oxygen atoms in total. The van der Waals surface area contributed by atoms with Gasteiger partial charge in [0.1, 0.15) is 12.4 Å². The number of hydrogen-bond donors (Lipinski definition) is 1. The molecule has 7 heteroatoms. The summed E-state index contributed by atoms with van der Waals surface area (Å²) in [5.41, 5.74) is 3.84. The topological polar surface area (TPSA) is 75.4 Å². The molecule has 2 aromatic rings. The summed E-state index contributed by atoms with van der Waals surface area (Å²) in [5, 5.41) is 14.0. The number of carbonyl (C=O) groups excluding carboxylic acids is 1. The summed E-state index contributed by atoms with van der Waals surface area (Å²) < 4.78 is 1.66. The zero-order chi connectivity index (χ0) is 19.9. The largest absolute Gasteiger partial charge is 0.480 e. The molecule has 27 heavy (non-hydrogen) atoms. The number of aryl methyl sites for hydroxylation is 2. The molecule has 1 N–H and O–H groups in total. The number of aliphatic carboxylic acids is 1. The maximum atomic E-state index is 12.8. The van der Waals surface area contributed by atoms with Crippen molar-refractivity contribution in [2.24, 2.45) is 7.05 Å². The van der Waals surface area contributed by atoms with Crippen LogP contribution in [0.1, 0.15) is 48.4 Å². The van der Waals surface area contributed by atoms with Crippen LogP contribution in [0.2, 0.25) is 0 Å². The van der Waals surface area contributed by atoms with E-state index in [1.54, 1.807) is 11.7 Å². The van der Waals surface area contributed by atoms with Crippen molar-refractivity contribution in [2.75, 3.05) is 17.2 Å². The van der Waals surface area contributed by atoms with Gasteiger partial charge in [0.15, 0.2) is 0 Å². The molecule has 0 radical (unpaired) electrons. The second kappa shape index (κ2) is 7.03. The van der Waals surface area contributed by atoms with Crippen LogP contribution in [0.3, 0.4) is 0 Å². The quantitative estimate of drug-likeness (QED) is 0.875. The third-order valence-electron chi connectivity index (χ3n) is 4.59. The summed E-state index contributed by atoms with van der Waals surface area (Å²) >= 11 is 1.53. The molecule has 1 aromatic heterocycles. The molecule has 0 spiro atoms. The van der Waals surface area contributed by atoms with Crippen molar-refractivity contribution in [1.29, 1.82) is 0 Å². The molecule has 0 saturated carbocycles. The van der Waals surface area contributed by atoms with Crippen LogP contribution < -0.4 is 4.90 Å². The van der Waals surface area contributed by atoms with Crippen LogP contribution in [0.4, 0.5) is 5.82 Å². The molecule has 1 aliphatic heterocycles. The lowest BCUT2D eigenvalue weighted by atomic mass is 9.87. The molecule has 0 fully saturated rings. The zero-order valence-corrected chi connectivity index (χ0v) is 17.1. The average molecular weight is 388 g/mol. The van der Waals surface area contributed by atoms with Gasteiger partial charge in [-0.05, 0) is 12.5 Å². The number of rotatable bonds is 3. The summed E-state index contributed by atoms with van der Waals surface area (Å²) in [4.78, 5) is 25.5. The number of amides is 1. The van der Waals surface area contributed by atoms with Crippen molar-refractivity contribution in [3.63, 3.8) is 0 Å². The van der Waals surface area contributed by atoms with Gasteiger partial charge < -0.3 is 5.11 Å². The van der Waals surface area contributed by atoms with Crippen LogP contribution in [-0.2, 0) is 22.1 Å². The molecule has 3 rings (SSSR count). The van der Waals surface area contributed by atoms with Crippen molar-refractivity contribution in [3.8, 4) is 0 Å². The third kappa shape index (κ3) is 3.74. The Morgan fingerprint density at radius 3 is 2.67 bits per heavy atom. The number of carbonyl (C=O) groups is 2. The van der Waals surface area contributed by atoms with E-state index in [0.29, 0.717) is 5.82 Å². The lowest BCUT2D eigenvalue weighted by Crippen LogP contribution is -2.37. The fourth-order valence-electron chi connectivity index (χ4n) is 3.48. The summed E-state index contributed by atoms with van der Waals surface area (Å²) in [6.45, 7) is 7.93.